The Kier molecular flexibility index (Phi) is 3.67. The zero-order valence-electron chi connectivity index (χ0n) is 13.4. The quantitative estimate of drug-likeness (QED) is 0.423. The monoisotopic (exact) mass is 315 g/mol. The average Bonchev–Trinajstić information content (AvgIpc) is 2.99. The Bertz CT molecular complexity index is 1100. The van der Waals surface area contributed by atoms with E-state index in [0.717, 1.165) is 17.8 Å². The molecule has 0 saturated heterocycles. The smallest absolute Gasteiger partial charge is 0.252 e. The molecule has 0 amide bonds. The number of hydrogen-bond acceptors (Lipinski definition) is 3. The summed E-state index contributed by atoms with van der Waals surface area (Å²) in [4.78, 5) is 0. The van der Waals surface area contributed by atoms with Crippen LogP contribution in [0, 0.1) is 0 Å². The van der Waals surface area contributed by atoms with Gasteiger partial charge in [-0.25, -0.2) is 4.68 Å². The van der Waals surface area contributed by atoms with E-state index in [9.17, 15) is 0 Å². The third-order valence-corrected chi connectivity index (χ3v) is 3.93. The van der Waals surface area contributed by atoms with E-state index in [-0.39, 0.29) is 0 Å². The molecule has 0 atom stereocenters. The number of fused-ring (bicyclic) bond motifs is 2. The van der Waals surface area contributed by atoms with Crippen molar-refractivity contribution in [3.63, 3.8) is 0 Å². The van der Waals surface area contributed by atoms with E-state index in [1.807, 2.05) is 58.6 Å². The number of nitrogens with zero attached hydrogens (tertiary/aromatic N) is 5. The van der Waals surface area contributed by atoms with E-state index in [1.54, 1.807) is 6.21 Å². The van der Waals surface area contributed by atoms with Crippen molar-refractivity contribution in [2.75, 3.05) is 0 Å². The fourth-order valence-corrected chi connectivity index (χ4v) is 2.72. The maximum atomic E-state index is 4.51. The van der Waals surface area contributed by atoms with Gasteiger partial charge in [-0.1, -0.05) is 42.5 Å². The van der Waals surface area contributed by atoms with Crippen LogP contribution in [-0.2, 0) is 6.54 Å². The Morgan fingerprint density at radius 1 is 1.00 bits per heavy atom. The molecule has 0 bridgehead atoms. The molecule has 5 nitrogen and oxygen atoms in total. The first kappa shape index (κ1) is 14.4. The number of rotatable bonds is 3. The highest BCUT2D eigenvalue weighted by molar-refractivity contribution is 5.90. The van der Waals surface area contributed by atoms with Gasteiger partial charge in [-0.2, -0.15) is 10.2 Å². The average molecular weight is 315 g/mol. The Labute approximate surface area is 139 Å². The molecule has 4 rings (SSSR count). The van der Waals surface area contributed by atoms with Crippen molar-refractivity contribution in [3.8, 4) is 0 Å². The highest BCUT2D eigenvalue weighted by Crippen LogP contribution is 2.14. The second-order valence-electron chi connectivity index (χ2n) is 5.50. The zero-order valence-corrected chi connectivity index (χ0v) is 13.4. The molecular formula is C19H17N5. The molecule has 2 aromatic carbocycles. The largest absolute Gasteiger partial charge is 0.267 e. The fraction of sp³-hybridized carbons (Fsp3) is 0.105. The van der Waals surface area contributed by atoms with E-state index in [1.165, 1.54) is 10.8 Å². The molecule has 0 aliphatic rings. The molecule has 118 valence electrons. The maximum Gasteiger partial charge on any atom is 0.252 e. The molecule has 0 N–H and O–H groups in total. The topological polar surface area (TPSA) is 47.0 Å². The van der Waals surface area contributed by atoms with Crippen molar-refractivity contribution < 1.29 is 0 Å². The predicted molar refractivity (Wildman–Crippen MR) is 96.0 cm³/mol. The molecule has 24 heavy (non-hydrogen) atoms. The lowest BCUT2D eigenvalue weighted by molar-refractivity contribution is 0.614. The van der Waals surface area contributed by atoms with Gasteiger partial charge in [-0.05, 0) is 41.5 Å². The predicted octanol–water partition coefficient (Wildman–Crippen LogP) is 3.24. The summed E-state index contributed by atoms with van der Waals surface area (Å²) in [5.41, 5.74) is 2.60. The lowest BCUT2D eigenvalue weighted by Gasteiger charge is -1.98. The number of aryl methyl sites for hydroxylation is 1. The molecule has 0 radical (unpaired) electrons. The van der Waals surface area contributed by atoms with E-state index in [2.05, 4.69) is 39.6 Å². The zero-order chi connectivity index (χ0) is 16.4. The van der Waals surface area contributed by atoms with Gasteiger partial charge < -0.3 is 0 Å². The third-order valence-electron chi connectivity index (χ3n) is 3.93. The van der Waals surface area contributed by atoms with E-state index < -0.39 is 0 Å². The maximum absolute atomic E-state index is 4.51. The minimum atomic E-state index is 0.713. The summed E-state index contributed by atoms with van der Waals surface area (Å²) in [6.45, 7) is 2.78. The molecule has 0 saturated carbocycles. The van der Waals surface area contributed by atoms with Crippen LogP contribution >= 0.6 is 0 Å². The van der Waals surface area contributed by atoms with Gasteiger partial charge in [0.15, 0.2) is 5.65 Å². The molecule has 2 aromatic heterocycles. The summed E-state index contributed by atoms with van der Waals surface area (Å²) in [5.74, 6) is 0. The van der Waals surface area contributed by atoms with Crippen molar-refractivity contribution in [2.45, 2.75) is 13.5 Å². The van der Waals surface area contributed by atoms with Gasteiger partial charge in [0.1, 0.15) is 0 Å². The molecule has 0 spiro atoms. The lowest BCUT2D eigenvalue weighted by Crippen LogP contribution is -2.21. The van der Waals surface area contributed by atoms with Gasteiger partial charge in [-0.3, -0.25) is 4.40 Å². The first-order valence-electron chi connectivity index (χ1n) is 7.95. The van der Waals surface area contributed by atoms with Gasteiger partial charge in [-0.15, -0.1) is 5.10 Å². The molecule has 0 aliphatic carbocycles. The van der Waals surface area contributed by atoms with Gasteiger partial charge in [0.2, 0.25) is 0 Å². The van der Waals surface area contributed by atoms with E-state index in [4.69, 9.17) is 0 Å². The normalized spacial score (nSPS) is 12.6. The highest BCUT2D eigenvalue weighted by Gasteiger charge is 2.01. The summed E-state index contributed by atoms with van der Waals surface area (Å²) in [6, 6.07) is 20.4. The van der Waals surface area contributed by atoms with Crippen LogP contribution in [0.3, 0.4) is 0 Å². The van der Waals surface area contributed by atoms with Gasteiger partial charge >= 0.3 is 0 Å². The summed E-state index contributed by atoms with van der Waals surface area (Å²) < 4.78 is 3.77. The first-order valence-corrected chi connectivity index (χ1v) is 7.95. The first-order chi connectivity index (χ1) is 11.8. The second kappa shape index (κ2) is 6.12. The van der Waals surface area contributed by atoms with Crippen molar-refractivity contribution in [1.82, 2.24) is 14.2 Å². The lowest BCUT2D eigenvalue weighted by atomic mass is 10.1. The van der Waals surface area contributed by atoms with Gasteiger partial charge in [0.05, 0.1) is 6.21 Å². The summed E-state index contributed by atoms with van der Waals surface area (Å²) in [5, 5.41) is 15.6. The standard InChI is InChI=1S/C19H17N5/c1-2-24-19(23-12-6-5-9-18(23)22-24)21-20-14-15-10-11-16-7-3-4-8-17(16)13-15/h3-14H,2H2,1H3/b20-14+,21-19-. The van der Waals surface area contributed by atoms with Crippen LogP contribution in [0.1, 0.15) is 12.5 Å². The summed E-state index contributed by atoms with van der Waals surface area (Å²) >= 11 is 0. The summed E-state index contributed by atoms with van der Waals surface area (Å²) in [7, 11) is 0. The van der Waals surface area contributed by atoms with Gasteiger partial charge in [0, 0.05) is 12.7 Å². The van der Waals surface area contributed by atoms with Crippen LogP contribution in [0.2, 0.25) is 0 Å². The number of benzene rings is 2. The Morgan fingerprint density at radius 2 is 1.83 bits per heavy atom. The van der Waals surface area contributed by atoms with Crippen LogP contribution in [-0.4, -0.2) is 20.4 Å². The van der Waals surface area contributed by atoms with Crippen molar-refractivity contribution in [2.24, 2.45) is 10.2 Å². The van der Waals surface area contributed by atoms with Crippen LogP contribution in [0.4, 0.5) is 0 Å². The van der Waals surface area contributed by atoms with Crippen LogP contribution < -0.4 is 5.62 Å². The molecule has 0 unspecified atom stereocenters. The third kappa shape index (κ3) is 2.60. The van der Waals surface area contributed by atoms with Crippen molar-refractivity contribution in [3.05, 3.63) is 78.0 Å². The van der Waals surface area contributed by atoms with Crippen LogP contribution in [0.15, 0.2) is 77.1 Å². The molecule has 0 fully saturated rings. The van der Waals surface area contributed by atoms with Crippen molar-refractivity contribution in [1.29, 1.82) is 0 Å². The molecule has 5 heteroatoms. The van der Waals surface area contributed by atoms with Crippen molar-refractivity contribution >= 4 is 22.6 Å². The molecule has 0 aliphatic heterocycles. The molecular weight excluding hydrogens is 298 g/mol. The minimum Gasteiger partial charge on any atom is -0.267 e. The molecule has 4 aromatic rings. The Hall–Kier alpha value is -3.21. The number of aromatic nitrogens is 3. The Morgan fingerprint density at radius 3 is 2.71 bits per heavy atom. The summed E-state index contributed by atoms with van der Waals surface area (Å²) in [6.07, 6.45) is 3.72. The minimum absolute atomic E-state index is 0.713. The number of pyridine rings is 1. The van der Waals surface area contributed by atoms with Gasteiger partial charge in [0.25, 0.3) is 5.62 Å². The Balaban J connectivity index is 1.74. The van der Waals surface area contributed by atoms with Crippen LogP contribution in [0.5, 0.6) is 0 Å². The van der Waals surface area contributed by atoms with Crippen LogP contribution in [0.25, 0.3) is 16.4 Å². The SMILES string of the molecule is CCn1nc2ccccn2/c1=N/N=C/c1ccc2ccccc2c1. The highest BCUT2D eigenvalue weighted by atomic mass is 15.4. The molecule has 2 heterocycles. The fourth-order valence-electron chi connectivity index (χ4n) is 2.72. The second-order valence-corrected chi connectivity index (χ2v) is 5.50. The van der Waals surface area contributed by atoms with E-state index >= 15 is 0 Å². The number of hydrogen-bond donors (Lipinski definition) is 0. The van der Waals surface area contributed by atoms with E-state index in [0.29, 0.717) is 5.62 Å².